The Kier molecular flexibility index (Phi) is 10.1. The fraction of sp³-hybridized carbons (Fsp3) is 0.545. The van der Waals surface area contributed by atoms with E-state index < -0.39 is 0 Å². The molecule has 0 spiro atoms. The Morgan fingerprint density at radius 2 is 2.00 bits per heavy atom. The van der Waals surface area contributed by atoms with Crippen molar-refractivity contribution in [2.24, 2.45) is 0 Å². The monoisotopic (exact) mass is 248 g/mol. The van der Waals surface area contributed by atoms with Gasteiger partial charge in [-0.3, -0.25) is 0 Å². The number of aliphatic hydroxyl groups is 1. The summed E-state index contributed by atoms with van der Waals surface area (Å²) >= 11 is 1.47. The zero-order valence-electron chi connectivity index (χ0n) is 8.59. The quantitative estimate of drug-likeness (QED) is 0.553. The van der Waals surface area contributed by atoms with Gasteiger partial charge in [-0.15, -0.1) is 0 Å². The van der Waals surface area contributed by atoms with E-state index in [1.165, 1.54) is 45.1 Å². The summed E-state index contributed by atoms with van der Waals surface area (Å²) in [6, 6.07) is 6.69. The molecule has 0 amide bonds. The molecule has 3 heteroatoms. The van der Waals surface area contributed by atoms with Crippen LogP contribution in [0.25, 0.3) is 0 Å². The molecule has 2 rings (SSSR count). The molecule has 1 aliphatic rings. The minimum Gasteiger partial charge on any atom is -0.210 e. The summed E-state index contributed by atoms with van der Waals surface area (Å²) in [5, 5.41) is 7.57. The SMILES string of the molecule is CCO.[Cl][Ti+].c1cc2c([cH-]1)CCCC2. The molecular formula is C11H17ClOTi. The smallest absolute Gasteiger partial charge is 0.0512 e. The van der Waals surface area contributed by atoms with E-state index in [2.05, 4.69) is 27.5 Å². The summed E-state index contributed by atoms with van der Waals surface area (Å²) < 4.78 is 0. The molecular weight excluding hydrogens is 231 g/mol. The molecule has 0 aliphatic heterocycles. The van der Waals surface area contributed by atoms with Gasteiger partial charge in [0, 0.05) is 6.61 Å². The first kappa shape index (κ1) is 14.3. The van der Waals surface area contributed by atoms with Crippen LogP contribution in [0.1, 0.15) is 30.9 Å². The van der Waals surface area contributed by atoms with Gasteiger partial charge in [-0.05, 0) is 6.92 Å². The van der Waals surface area contributed by atoms with Gasteiger partial charge in [-0.1, -0.05) is 25.7 Å². The van der Waals surface area contributed by atoms with Gasteiger partial charge in [-0.25, -0.2) is 6.07 Å². The van der Waals surface area contributed by atoms with Crippen LogP contribution in [0.2, 0.25) is 0 Å². The van der Waals surface area contributed by atoms with Crippen LogP contribution in [0.4, 0.5) is 0 Å². The molecule has 0 saturated heterocycles. The normalized spacial score (nSPS) is 12.7. The summed E-state index contributed by atoms with van der Waals surface area (Å²) in [4.78, 5) is 0. The largest absolute Gasteiger partial charge is 0.210 e. The van der Waals surface area contributed by atoms with Crippen molar-refractivity contribution in [1.82, 2.24) is 0 Å². The Balaban J connectivity index is 0.000000294. The molecule has 1 nitrogen and oxygen atoms in total. The van der Waals surface area contributed by atoms with Crippen LogP contribution in [0, 0.1) is 0 Å². The fourth-order valence-electron chi connectivity index (χ4n) is 1.61. The molecule has 0 radical (unpaired) electrons. The molecule has 0 fully saturated rings. The first-order valence-electron chi connectivity index (χ1n) is 4.91. The molecule has 0 bridgehead atoms. The zero-order chi connectivity index (χ0) is 10.8. The minimum absolute atomic E-state index is 0.250. The first-order chi connectivity index (χ1) is 6.88. The average Bonchev–Trinajstić information content (AvgIpc) is 2.69. The minimum atomic E-state index is 0.250. The van der Waals surface area contributed by atoms with E-state index in [-0.39, 0.29) is 6.61 Å². The topological polar surface area (TPSA) is 20.2 Å². The van der Waals surface area contributed by atoms with Crippen LogP contribution in [0.3, 0.4) is 0 Å². The molecule has 1 aromatic rings. The molecule has 1 N–H and O–H groups in total. The van der Waals surface area contributed by atoms with Crippen molar-refractivity contribution in [2.75, 3.05) is 6.61 Å². The van der Waals surface area contributed by atoms with Crippen LogP contribution in [-0.2, 0) is 32.2 Å². The third-order valence-electron chi connectivity index (χ3n) is 2.15. The van der Waals surface area contributed by atoms with E-state index in [0.717, 1.165) is 0 Å². The summed E-state index contributed by atoms with van der Waals surface area (Å²) in [7, 11) is 4.64. The van der Waals surface area contributed by atoms with Crippen LogP contribution >= 0.6 is 9.30 Å². The third kappa shape index (κ3) is 5.26. The van der Waals surface area contributed by atoms with E-state index in [4.69, 9.17) is 5.11 Å². The van der Waals surface area contributed by atoms with Crippen molar-refractivity contribution >= 4 is 9.30 Å². The molecule has 0 saturated carbocycles. The molecule has 78 valence electrons. The molecule has 1 aromatic carbocycles. The van der Waals surface area contributed by atoms with Crippen LogP contribution in [-0.4, -0.2) is 11.7 Å². The molecule has 1 aliphatic carbocycles. The summed E-state index contributed by atoms with van der Waals surface area (Å²) in [5.41, 5.74) is 3.20. The van der Waals surface area contributed by atoms with Crippen molar-refractivity contribution in [3.05, 3.63) is 29.3 Å². The third-order valence-corrected chi connectivity index (χ3v) is 2.15. The molecule has 0 aromatic heterocycles. The Morgan fingerprint density at radius 1 is 1.43 bits per heavy atom. The van der Waals surface area contributed by atoms with Gasteiger partial charge < -0.3 is 5.11 Å². The predicted octanol–water partition coefficient (Wildman–Crippen LogP) is 2.97. The Hall–Kier alpha value is 0.314. The van der Waals surface area contributed by atoms with Gasteiger partial charge in [-0.2, -0.15) is 23.3 Å². The molecule has 0 unspecified atom stereocenters. The number of rotatable bonds is 0. The van der Waals surface area contributed by atoms with Crippen LogP contribution < -0.4 is 0 Å². The second-order valence-electron chi connectivity index (χ2n) is 3.10. The van der Waals surface area contributed by atoms with Crippen LogP contribution in [0.15, 0.2) is 18.2 Å². The van der Waals surface area contributed by atoms with Crippen molar-refractivity contribution in [3.8, 4) is 0 Å². The van der Waals surface area contributed by atoms with Crippen molar-refractivity contribution in [2.45, 2.75) is 32.6 Å². The fourth-order valence-corrected chi connectivity index (χ4v) is 1.61. The standard InChI is InChI=1S/C9H11.C2H6O.ClH.Ti/c1-2-5-9-7-3-6-8(9)4-1;1-2-3;;/h3,6-7H,1-2,4-5H2;3H,2H2,1H3;1H;/q-1;;;+2/p-1. The zero-order valence-corrected chi connectivity index (χ0v) is 10.9. The first-order valence-corrected chi connectivity index (χ1v) is 7.06. The van der Waals surface area contributed by atoms with Crippen molar-refractivity contribution < 1.29 is 24.5 Å². The average molecular weight is 249 g/mol. The number of aliphatic hydroxyl groups excluding tert-OH is 1. The molecule has 0 atom stereocenters. The van der Waals surface area contributed by atoms with Gasteiger partial charge in [0.2, 0.25) is 0 Å². The van der Waals surface area contributed by atoms with E-state index in [9.17, 15) is 0 Å². The van der Waals surface area contributed by atoms with E-state index in [1.807, 2.05) is 0 Å². The maximum absolute atomic E-state index is 7.57. The molecule has 0 heterocycles. The maximum Gasteiger partial charge on any atom is -0.0512 e. The Labute approximate surface area is 102 Å². The summed E-state index contributed by atoms with van der Waals surface area (Å²) in [5.74, 6) is 0. The van der Waals surface area contributed by atoms with Crippen molar-refractivity contribution in [1.29, 1.82) is 0 Å². The van der Waals surface area contributed by atoms with Gasteiger partial charge in [0.05, 0.1) is 0 Å². The van der Waals surface area contributed by atoms with E-state index in [1.54, 1.807) is 18.1 Å². The van der Waals surface area contributed by atoms with Gasteiger partial charge in [0.25, 0.3) is 0 Å². The number of hydrogen-bond acceptors (Lipinski definition) is 1. The van der Waals surface area contributed by atoms with Gasteiger partial charge >= 0.3 is 28.7 Å². The van der Waals surface area contributed by atoms with Gasteiger partial charge in [0.1, 0.15) is 0 Å². The number of hydrogen-bond donors (Lipinski definition) is 1. The van der Waals surface area contributed by atoms with E-state index >= 15 is 0 Å². The summed E-state index contributed by atoms with van der Waals surface area (Å²) in [6.07, 6.45) is 5.44. The molecule has 14 heavy (non-hydrogen) atoms. The number of fused-ring (bicyclic) bond motifs is 1. The van der Waals surface area contributed by atoms with Gasteiger partial charge in [0.15, 0.2) is 0 Å². The Bertz CT molecular complexity index is 202. The second-order valence-corrected chi connectivity index (χ2v) is 3.10. The van der Waals surface area contributed by atoms with Crippen LogP contribution in [0.5, 0.6) is 0 Å². The second kappa shape index (κ2) is 9.85. The maximum atomic E-state index is 7.57. The van der Waals surface area contributed by atoms with Crippen molar-refractivity contribution in [3.63, 3.8) is 0 Å². The van der Waals surface area contributed by atoms with E-state index in [0.29, 0.717) is 0 Å². The number of halogens is 1. The predicted molar refractivity (Wildman–Crippen MR) is 57.3 cm³/mol. The Morgan fingerprint density at radius 3 is 2.57 bits per heavy atom. The summed E-state index contributed by atoms with van der Waals surface area (Å²) in [6.45, 7) is 1.93. The number of aryl methyl sites for hydroxylation is 2.